The predicted octanol–water partition coefficient (Wildman–Crippen LogP) is 6.44. The average molecular weight is 365 g/mol. The fourth-order valence-electron chi connectivity index (χ4n) is 2.64. The van der Waals surface area contributed by atoms with Crippen LogP contribution in [0.15, 0.2) is 78.9 Å². The van der Waals surface area contributed by atoms with E-state index < -0.39 is 5.97 Å². The number of esters is 1. The molecule has 0 radical (unpaired) electrons. The van der Waals surface area contributed by atoms with E-state index >= 15 is 0 Å². The number of ether oxygens (including phenoxy) is 1. The predicted molar refractivity (Wildman–Crippen MR) is 104 cm³/mol. The Hall–Kier alpha value is -2.62. The van der Waals surface area contributed by atoms with Crippen molar-refractivity contribution in [1.29, 1.82) is 0 Å². The number of thiophene rings is 1. The lowest BCUT2D eigenvalue weighted by Gasteiger charge is -2.05. The third-order valence-corrected chi connectivity index (χ3v) is 5.55. The normalized spacial score (nSPS) is 10.8. The topological polar surface area (TPSA) is 26.3 Å². The molecule has 122 valence electrons. The van der Waals surface area contributed by atoms with Crippen LogP contribution in [-0.4, -0.2) is 5.97 Å². The third kappa shape index (κ3) is 3.16. The summed E-state index contributed by atoms with van der Waals surface area (Å²) in [6, 6.07) is 25.2. The summed E-state index contributed by atoms with van der Waals surface area (Å²) in [4.78, 5) is 12.9. The zero-order chi connectivity index (χ0) is 17.2. The summed E-state index contributed by atoms with van der Waals surface area (Å²) in [5.41, 5.74) is 2.19. The number of carbonyl (C=O) groups is 1. The number of fused-ring (bicyclic) bond motifs is 1. The average Bonchev–Trinajstić information content (AvgIpc) is 3.00. The first-order valence-corrected chi connectivity index (χ1v) is 8.96. The Bertz CT molecular complexity index is 1040. The van der Waals surface area contributed by atoms with Gasteiger partial charge in [0.2, 0.25) is 0 Å². The fourth-order valence-corrected chi connectivity index (χ4v) is 4.03. The maximum atomic E-state index is 12.5. The second-order valence-corrected chi connectivity index (χ2v) is 6.95. The number of benzene rings is 3. The molecule has 4 heteroatoms. The van der Waals surface area contributed by atoms with Gasteiger partial charge in [-0.3, -0.25) is 0 Å². The Morgan fingerprint density at radius 3 is 2.16 bits per heavy atom. The summed E-state index contributed by atoms with van der Waals surface area (Å²) in [5.74, 6) is 0.0665. The van der Waals surface area contributed by atoms with Crippen molar-refractivity contribution in [3.8, 4) is 16.9 Å². The van der Waals surface area contributed by atoms with E-state index in [1.807, 2.05) is 66.7 Å². The molecule has 0 N–H and O–H groups in total. The van der Waals surface area contributed by atoms with E-state index in [9.17, 15) is 4.79 Å². The summed E-state index contributed by atoms with van der Waals surface area (Å²) in [6.45, 7) is 0. The Morgan fingerprint density at radius 1 is 0.800 bits per heavy atom. The Balaban J connectivity index is 1.57. The van der Waals surface area contributed by atoms with Crippen molar-refractivity contribution < 1.29 is 9.53 Å². The molecule has 0 spiro atoms. The monoisotopic (exact) mass is 364 g/mol. The SMILES string of the molecule is O=C(Oc1ccc(-c2ccccc2)cc1)c1sc2ccccc2c1Cl. The van der Waals surface area contributed by atoms with Crippen molar-refractivity contribution in [2.45, 2.75) is 0 Å². The molecule has 4 aromatic rings. The summed E-state index contributed by atoms with van der Waals surface area (Å²) in [7, 11) is 0. The van der Waals surface area contributed by atoms with E-state index in [4.69, 9.17) is 16.3 Å². The number of hydrogen-bond donors (Lipinski definition) is 0. The van der Waals surface area contributed by atoms with Crippen LogP contribution in [0.3, 0.4) is 0 Å². The van der Waals surface area contributed by atoms with Gasteiger partial charge in [0.25, 0.3) is 0 Å². The number of hydrogen-bond acceptors (Lipinski definition) is 3. The molecule has 0 amide bonds. The summed E-state index contributed by atoms with van der Waals surface area (Å²) >= 11 is 7.68. The standard InChI is InChI=1S/C21H13ClO2S/c22-19-17-8-4-5-9-18(17)25-20(19)21(23)24-16-12-10-15(11-13-16)14-6-2-1-3-7-14/h1-13H. The Morgan fingerprint density at radius 2 is 1.44 bits per heavy atom. The fraction of sp³-hybridized carbons (Fsp3) is 0. The molecule has 1 aromatic heterocycles. The van der Waals surface area contributed by atoms with Gasteiger partial charge in [0.15, 0.2) is 0 Å². The maximum Gasteiger partial charge on any atom is 0.355 e. The number of carbonyl (C=O) groups excluding carboxylic acids is 1. The highest BCUT2D eigenvalue weighted by Gasteiger charge is 2.18. The zero-order valence-electron chi connectivity index (χ0n) is 13.1. The molecule has 0 saturated heterocycles. The Labute approximate surface area is 154 Å². The highest BCUT2D eigenvalue weighted by atomic mass is 35.5. The van der Waals surface area contributed by atoms with E-state index in [1.165, 1.54) is 11.3 Å². The van der Waals surface area contributed by atoms with Crippen LogP contribution in [0.5, 0.6) is 5.75 Å². The lowest BCUT2D eigenvalue weighted by molar-refractivity contribution is 0.0740. The van der Waals surface area contributed by atoms with Crippen LogP contribution in [-0.2, 0) is 0 Å². The van der Waals surface area contributed by atoms with E-state index in [1.54, 1.807) is 12.1 Å². The van der Waals surface area contributed by atoms with E-state index in [0.717, 1.165) is 21.2 Å². The van der Waals surface area contributed by atoms with Crippen molar-refractivity contribution in [3.63, 3.8) is 0 Å². The first-order valence-electron chi connectivity index (χ1n) is 7.77. The second-order valence-electron chi connectivity index (χ2n) is 5.52. The zero-order valence-corrected chi connectivity index (χ0v) is 14.7. The molecule has 0 aliphatic rings. The van der Waals surface area contributed by atoms with E-state index in [0.29, 0.717) is 15.6 Å². The van der Waals surface area contributed by atoms with Crippen molar-refractivity contribution in [3.05, 3.63) is 88.8 Å². The molecule has 0 bridgehead atoms. The minimum Gasteiger partial charge on any atom is -0.422 e. The van der Waals surface area contributed by atoms with Gasteiger partial charge < -0.3 is 4.74 Å². The van der Waals surface area contributed by atoms with Gasteiger partial charge >= 0.3 is 5.97 Å². The van der Waals surface area contributed by atoms with Gasteiger partial charge in [-0.2, -0.15) is 0 Å². The van der Waals surface area contributed by atoms with Crippen LogP contribution in [0.2, 0.25) is 5.02 Å². The molecule has 25 heavy (non-hydrogen) atoms. The van der Waals surface area contributed by atoms with Gasteiger partial charge in [0, 0.05) is 10.1 Å². The summed E-state index contributed by atoms with van der Waals surface area (Å²) < 4.78 is 6.46. The molecule has 0 atom stereocenters. The molecule has 4 rings (SSSR count). The van der Waals surface area contributed by atoms with E-state index in [2.05, 4.69) is 0 Å². The molecule has 1 heterocycles. The first kappa shape index (κ1) is 15.9. The molecule has 0 aliphatic heterocycles. The molecular formula is C21H13ClO2S. The highest BCUT2D eigenvalue weighted by Crippen LogP contribution is 2.35. The molecule has 0 saturated carbocycles. The van der Waals surface area contributed by atoms with Gasteiger partial charge in [0.05, 0.1) is 5.02 Å². The largest absolute Gasteiger partial charge is 0.422 e. The molecule has 2 nitrogen and oxygen atoms in total. The lowest BCUT2D eigenvalue weighted by Crippen LogP contribution is -2.06. The lowest BCUT2D eigenvalue weighted by atomic mass is 10.1. The van der Waals surface area contributed by atoms with Gasteiger partial charge in [-0.15, -0.1) is 11.3 Å². The van der Waals surface area contributed by atoms with Crippen LogP contribution in [0.25, 0.3) is 21.2 Å². The van der Waals surface area contributed by atoms with E-state index in [-0.39, 0.29) is 0 Å². The molecule has 3 aromatic carbocycles. The minimum atomic E-state index is -0.432. The van der Waals surface area contributed by atoms with Crippen molar-refractivity contribution in [2.24, 2.45) is 0 Å². The van der Waals surface area contributed by atoms with Crippen LogP contribution >= 0.6 is 22.9 Å². The van der Waals surface area contributed by atoms with Crippen LogP contribution in [0, 0.1) is 0 Å². The van der Waals surface area contributed by atoms with Gasteiger partial charge in [-0.1, -0.05) is 72.3 Å². The first-order chi connectivity index (χ1) is 12.2. The number of halogens is 1. The molecule has 0 fully saturated rings. The second kappa shape index (κ2) is 6.71. The quantitative estimate of drug-likeness (QED) is 0.309. The van der Waals surface area contributed by atoms with Crippen molar-refractivity contribution >= 4 is 39.0 Å². The summed E-state index contributed by atoms with van der Waals surface area (Å²) in [5, 5.41) is 1.33. The van der Waals surface area contributed by atoms with Crippen LogP contribution in [0.1, 0.15) is 9.67 Å². The number of rotatable bonds is 3. The minimum absolute atomic E-state index is 0.426. The summed E-state index contributed by atoms with van der Waals surface area (Å²) in [6.07, 6.45) is 0. The molecular weight excluding hydrogens is 352 g/mol. The third-order valence-electron chi connectivity index (χ3n) is 3.89. The van der Waals surface area contributed by atoms with Gasteiger partial charge in [-0.05, 0) is 29.3 Å². The van der Waals surface area contributed by atoms with Gasteiger partial charge in [0.1, 0.15) is 10.6 Å². The van der Waals surface area contributed by atoms with Crippen LogP contribution in [0.4, 0.5) is 0 Å². The smallest absolute Gasteiger partial charge is 0.355 e. The molecule has 0 unspecified atom stereocenters. The maximum absolute atomic E-state index is 12.5. The van der Waals surface area contributed by atoms with Crippen molar-refractivity contribution in [2.75, 3.05) is 0 Å². The van der Waals surface area contributed by atoms with Crippen LogP contribution < -0.4 is 4.74 Å². The highest BCUT2D eigenvalue weighted by molar-refractivity contribution is 7.21. The Kier molecular flexibility index (Phi) is 4.26. The molecule has 0 aliphatic carbocycles. The van der Waals surface area contributed by atoms with Crippen molar-refractivity contribution in [1.82, 2.24) is 0 Å². The van der Waals surface area contributed by atoms with Gasteiger partial charge in [-0.25, -0.2) is 4.79 Å².